The number of carbonyl (C=O) groups is 1. The van der Waals surface area contributed by atoms with Crippen molar-refractivity contribution in [3.8, 4) is 0 Å². The molecule has 3 rings (SSSR count). The Morgan fingerprint density at radius 1 is 1.21 bits per heavy atom. The first-order chi connectivity index (χ1) is 13.7. The summed E-state index contributed by atoms with van der Waals surface area (Å²) in [5.74, 6) is -0.161. The molecule has 0 unspecified atom stereocenters. The van der Waals surface area contributed by atoms with Gasteiger partial charge in [0.2, 0.25) is 5.69 Å². The molecule has 0 N–H and O–H groups in total. The number of hydrogen-bond acceptors (Lipinski definition) is 6. The van der Waals surface area contributed by atoms with E-state index in [0.717, 1.165) is 6.26 Å². The van der Waals surface area contributed by atoms with Crippen LogP contribution in [-0.2, 0) is 16.3 Å². The lowest BCUT2D eigenvalue weighted by molar-refractivity contribution is 0.0997. The number of thiophene rings is 1. The first kappa shape index (κ1) is 21.8. The normalized spacial score (nSPS) is 11.2. The van der Waals surface area contributed by atoms with E-state index >= 15 is 0 Å². The van der Waals surface area contributed by atoms with Gasteiger partial charge in [0.25, 0.3) is 0 Å². The average Bonchev–Trinajstić information content (AvgIpc) is 3.08. The molecule has 5 nitrogen and oxygen atoms in total. The van der Waals surface area contributed by atoms with Crippen LogP contribution in [0.15, 0.2) is 56.7 Å². The molecule has 3 aromatic rings. The fourth-order valence-electron chi connectivity index (χ4n) is 2.37. The largest absolute Gasteiger partial charge is 0.293 e. The number of carbonyl (C=O) groups excluding carboxylic acids is 1. The summed E-state index contributed by atoms with van der Waals surface area (Å²) in [6.45, 7) is 7.39. The lowest BCUT2D eigenvalue weighted by atomic mass is 10.1. The lowest BCUT2D eigenvalue weighted by Gasteiger charge is -2.04. The molecule has 2 heterocycles. The Bertz CT molecular complexity index is 1210. The maximum absolute atomic E-state index is 12.7. The molecule has 29 heavy (non-hydrogen) atoms. The van der Waals surface area contributed by atoms with Crippen molar-refractivity contribution in [1.82, 2.24) is 4.98 Å². The molecule has 148 valence electrons. The third-order valence-corrected chi connectivity index (χ3v) is 8.22. The third kappa shape index (κ3) is 5.18. The molecular weight excluding hydrogens is 471 g/mol. The van der Waals surface area contributed by atoms with E-state index in [1.807, 2.05) is 0 Å². The zero-order chi connectivity index (χ0) is 21.2. The zero-order valence-corrected chi connectivity index (χ0v) is 18.8. The second kappa shape index (κ2) is 8.86. The number of Topliss-reactive ketones (excluding diaryl/α,β-unsaturated/α-hetero) is 1. The zero-order valence-electron chi connectivity index (χ0n) is 14.8. The van der Waals surface area contributed by atoms with Crippen molar-refractivity contribution in [2.75, 3.05) is 6.26 Å². The van der Waals surface area contributed by atoms with Crippen LogP contribution in [-0.4, -0.2) is 25.4 Å². The molecule has 10 heteroatoms. The van der Waals surface area contributed by atoms with Gasteiger partial charge >= 0.3 is 0 Å². The van der Waals surface area contributed by atoms with Crippen molar-refractivity contribution in [2.45, 2.75) is 20.4 Å². The molecule has 0 atom stereocenters. The van der Waals surface area contributed by atoms with E-state index in [9.17, 15) is 13.2 Å². The molecule has 0 aliphatic heterocycles. The Morgan fingerprint density at radius 3 is 2.38 bits per heavy atom. The van der Waals surface area contributed by atoms with Gasteiger partial charge < -0.3 is 0 Å². The maximum atomic E-state index is 12.7. The number of aromatic nitrogens is 1. The number of rotatable bonds is 6. The van der Waals surface area contributed by atoms with Gasteiger partial charge in [0, 0.05) is 25.1 Å². The van der Waals surface area contributed by atoms with Crippen molar-refractivity contribution in [2.24, 2.45) is 0 Å². The summed E-state index contributed by atoms with van der Waals surface area (Å²) in [6, 6.07) is 7.74. The van der Waals surface area contributed by atoms with Crippen LogP contribution >= 0.6 is 46.3 Å². The number of halogens is 2. The number of sulfone groups is 1. The predicted molar refractivity (Wildman–Crippen MR) is 117 cm³/mol. The lowest BCUT2D eigenvalue weighted by Crippen LogP contribution is -2.02. The van der Waals surface area contributed by atoms with Gasteiger partial charge in [-0.05, 0) is 23.8 Å². The van der Waals surface area contributed by atoms with Crippen molar-refractivity contribution < 1.29 is 13.2 Å². The van der Waals surface area contributed by atoms with E-state index in [4.69, 9.17) is 29.8 Å². The minimum Gasteiger partial charge on any atom is -0.293 e. The number of hydrogen-bond donors (Lipinski definition) is 0. The van der Waals surface area contributed by atoms with E-state index in [0.29, 0.717) is 35.3 Å². The fraction of sp³-hybridized carbons (Fsp3) is 0.105. The molecule has 0 aliphatic rings. The van der Waals surface area contributed by atoms with Crippen LogP contribution in [0.4, 0.5) is 5.69 Å². The second-order valence-corrected chi connectivity index (χ2v) is 11.1. The minimum absolute atomic E-state index is 0.100. The minimum atomic E-state index is -3.29. The van der Waals surface area contributed by atoms with Crippen molar-refractivity contribution in [3.63, 3.8) is 0 Å². The van der Waals surface area contributed by atoms with Crippen molar-refractivity contribution in [3.05, 3.63) is 74.6 Å². The molecule has 0 saturated carbocycles. The van der Waals surface area contributed by atoms with E-state index in [2.05, 4.69) is 9.83 Å². The summed E-state index contributed by atoms with van der Waals surface area (Å²) in [5.41, 5.74) is 1.04. The Labute approximate surface area is 186 Å². The van der Waals surface area contributed by atoms with Gasteiger partial charge in [0.05, 0.1) is 35.5 Å². The SMILES string of the molecule is [C-]#[N+]c1cc(C(=O)Cc2ccc(S(C)(=O)=O)cc2)sc1Sc1c(Cl)cncc1Cl. The van der Waals surface area contributed by atoms with Crippen LogP contribution in [0, 0.1) is 6.57 Å². The van der Waals surface area contributed by atoms with Gasteiger partial charge in [-0.25, -0.2) is 13.3 Å². The molecule has 1 aromatic carbocycles. The molecule has 0 spiro atoms. The fourth-order valence-corrected chi connectivity index (χ4v) is 5.74. The number of ketones is 1. The highest BCUT2D eigenvalue weighted by molar-refractivity contribution is 8.01. The Kier molecular flexibility index (Phi) is 6.66. The van der Waals surface area contributed by atoms with E-state index in [-0.39, 0.29) is 17.1 Å². The summed E-state index contributed by atoms with van der Waals surface area (Å²) in [7, 11) is -3.29. The van der Waals surface area contributed by atoms with Crippen LogP contribution in [0.3, 0.4) is 0 Å². The molecule has 0 radical (unpaired) electrons. The van der Waals surface area contributed by atoms with E-state index in [1.165, 1.54) is 47.6 Å². The van der Waals surface area contributed by atoms with E-state index < -0.39 is 9.84 Å². The standard InChI is InChI=1S/C19H12Cl2N2O3S3/c1-22-15-8-17(27-19(15)28-18-13(20)9-23-10-14(18)21)16(24)7-11-3-5-12(6-4-11)29(2,25)26/h3-6,8-10H,7H2,2H3. The summed E-state index contributed by atoms with van der Waals surface area (Å²) in [6.07, 6.45) is 4.16. The predicted octanol–water partition coefficient (Wildman–Crippen LogP) is 5.98. The second-order valence-electron chi connectivity index (χ2n) is 5.95. The van der Waals surface area contributed by atoms with Gasteiger partial charge in [-0.2, -0.15) is 0 Å². The van der Waals surface area contributed by atoms with Crippen LogP contribution in [0.25, 0.3) is 4.85 Å². The van der Waals surface area contributed by atoms with Gasteiger partial charge in [0.1, 0.15) is 0 Å². The molecule has 0 fully saturated rings. The smallest absolute Gasteiger partial charge is 0.212 e. The van der Waals surface area contributed by atoms with Gasteiger partial charge in [0.15, 0.2) is 15.6 Å². The molecule has 0 bridgehead atoms. The average molecular weight is 483 g/mol. The van der Waals surface area contributed by atoms with Crippen LogP contribution in [0.2, 0.25) is 10.0 Å². The first-order valence-corrected chi connectivity index (χ1v) is 12.3. The highest BCUT2D eigenvalue weighted by Crippen LogP contribution is 2.46. The topological polar surface area (TPSA) is 68.5 Å². The molecule has 0 saturated heterocycles. The summed E-state index contributed by atoms with van der Waals surface area (Å²) >= 11 is 14.7. The third-order valence-electron chi connectivity index (χ3n) is 3.80. The maximum Gasteiger partial charge on any atom is 0.212 e. The van der Waals surface area contributed by atoms with Gasteiger partial charge in [-0.15, -0.1) is 11.3 Å². The Hall–Kier alpha value is -1.89. The summed E-state index contributed by atoms with van der Waals surface area (Å²) < 4.78 is 23.7. The number of nitrogens with zero attached hydrogens (tertiary/aromatic N) is 2. The first-order valence-electron chi connectivity index (χ1n) is 7.99. The van der Waals surface area contributed by atoms with Gasteiger partial charge in [-0.3, -0.25) is 9.78 Å². The molecule has 0 amide bonds. The van der Waals surface area contributed by atoms with Crippen LogP contribution in [0.5, 0.6) is 0 Å². The number of pyridine rings is 1. The molecule has 2 aromatic heterocycles. The summed E-state index contributed by atoms with van der Waals surface area (Å²) in [4.78, 5) is 21.3. The Morgan fingerprint density at radius 2 is 1.83 bits per heavy atom. The number of benzene rings is 1. The van der Waals surface area contributed by atoms with Crippen molar-refractivity contribution >= 4 is 67.6 Å². The molecule has 0 aliphatic carbocycles. The Balaban J connectivity index is 1.83. The highest BCUT2D eigenvalue weighted by Gasteiger charge is 2.18. The van der Waals surface area contributed by atoms with E-state index in [1.54, 1.807) is 18.2 Å². The monoisotopic (exact) mass is 482 g/mol. The van der Waals surface area contributed by atoms with Crippen LogP contribution in [0.1, 0.15) is 15.2 Å². The quantitative estimate of drug-likeness (QED) is 0.319. The highest BCUT2D eigenvalue weighted by atomic mass is 35.5. The summed E-state index contributed by atoms with van der Waals surface area (Å²) in [5, 5.41) is 0.733. The van der Waals surface area contributed by atoms with Gasteiger partial charge in [-0.1, -0.05) is 47.1 Å². The van der Waals surface area contributed by atoms with Crippen molar-refractivity contribution in [1.29, 1.82) is 0 Å². The van der Waals surface area contributed by atoms with Crippen LogP contribution < -0.4 is 0 Å². The molecular formula is C19H12Cl2N2O3S3.